The van der Waals surface area contributed by atoms with Crippen LogP contribution in [0.5, 0.6) is 0 Å². The molecular formula is C10H14N2O3S. The molecule has 2 N–H and O–H groups in total. The number of primary amides is 1. The van der Waals surface area contributed by atoms with Crippen molar-refractivity contribution in [3.63, 3.8) is 0 Å². The van der Waals surface area contributed by atoms with Gasteiger partial charge in [-0.15, -0.1) is 0 Å². The molecule has 0 spiro atoms. The summed E-state index contributed by atoms with van der Waals surface area (Å²) in [5, 5.41) is 0. The normalized spacial score (nSPS) is 11.7. The predicted molar refractivity (Wildman–Crippen MR) is 61.3 cm³/mol. The van der Waals surface area contributed by atoms with Crippen LogP contribution in [0, 0.1) is 0 Å². The molecule has 0 fully saturated rings. The molecule has 1 rings (SSSR count). The number of carbonyl (C=O) groups excluding carboxylic acids is 1. The van der Waals surface area contributed by atoms with Crippen molar-refractivity contribution in [2.24, 2.45) is 5.73 Å². The SMILES string of the molecule is CN(Cc1ccccc1C(N)=O)S(C)(=O)=O. The molecule has 1 aromatic rings. The van der Waals surface area contributed by atoms with Crippen molar-refractivity contribution in [1.29, 1.82) is 0 Å². The van der Waals surface area contributed by atoms with Crippen LogP contribution in [0.3, 0.4) is 0 Å². The van der Waals surface area contributed by atoms with Gasteiger partial charge in [0.05, 0.1) is 6.26 Å². The molecule has 0 heterocycles. The van der Waals surface area contributed by atoms with E-state index in [0.29, 0.717) is 11.1 Å². The van der Waals surface area contributed by atoms with Gasteiger partial charge in [-0.3, -0.25) is 4.79 Å². The Labute approximate surface area is 94.9 Å². The lowest BCUT2D eigenvalue weighted by molar-refractivity contribution is 0.0999. The van der Waals surface area contributed by atoms with Gasteiger partial charge in [-0.25, -0.2) is 12.7 Å². The highest BCUT2D eigenvalue weighted by molar-refractivity contribution is 7.88. The van der Waals surface area contributed by atoms with Crippen molar-refractivity contribution in [2.75, 3.05) is 13.3 Å². The number of hydrogen-bond donors (Lipinski definition) is 1. The standard InChI is InChI=1S/C10H14N2O3S/c1-12(16(2,14)15)7-8-5-3-4-6-9(8)10(11)13/h3-6H,7H2,1-2H3,(H2,11,13). The molecule has 1 aromatic carbocycles. The van der Waals surface area contributed by atoms with Gasteiger partial charge < -0.3 is 5.73 Å². The maximum Gasteiger partial charge on any atom is 0.249 e. The summed E-state index contributed by atoms with van der Waals surface area (Å²) in [5.41, 5.74) is 6.14. The Morgan fingerprint density at radius 3 is 2.44 bits per heavy atom. The van der Waals surface area contributed by atoms with Gasteiger partial charge in [0.1, 0.15) is 0 Å². The lowest BCUT2D eigenvalue weighted by Gasteiger charge is -2.15. The minimum atomic E-state index is -3.26. The third-order valence-electron chi connectivity index (χ3n) is 2.24. The number of hydrogen-bond acceptors (Lipinski definition) is 3. The number of carbonyl (C=O) groups is 1. The first-order valence-electron chi connectivity index (χ1n) is 4.61. The fraction of sp³-hybridized carbons (Fsp3) is 0.300. The summed E-state index contributed by atoms with van der Waals surface area (Å²) in [7, 11) is -1.81. The molecule has 0 aliphatic heterocycles. The molecule has 1 amide bonds. The van der Waals surface area contributed by atoms with Crippen LogP contribution in [0.2, 0.25) is 0 Å². The molecule has 5 nitrogen and oxygen atoms in total. The van der Waals surface area contributed by atoms with Crippen LogP contribution < -0.4 is 5.73 Å². The Hall–Kier alpha value is -1.40. The number of amides is 1. The van der Waals surface area contributed by atoms with E-state index in [-0.39, 0.29) is 6.54 Å². The van der Waals surface area contributed by atoms with Crippen LogP contribution in [0.4, 0.5) is 0 Å². The first kappa shape index (κ1) is 12.7. The van der Waals surface area contributed by atoms with Gasteiger partial charge in [-0.1, -0.05) is 18.2 Å². The molecule has 0 bridgehead atoms. The highest BCUT2D eigenvalue weighted by Gasteiger charge is 2.14. The average molecular weight is 242 g/mol. The molecular weight excluding hydrogens is 228 g/mol. The number of benzene rings is 1. The van der Waals surface area contributed by atoms with Gasteiger partial charge in [0.15, 0.2) is 0 Å². The van der Waals surface area contributed by atoms with Crippen LogP contribution in [0.25, 0.3) is 0 Å². The molecule has 0 radical (unpaired) electrons. The second-order valence-electron chi connectivity index (χ2n) is 3.54. The van der Waals surface area contributed by atoms with Crippen molar-refractivity contribution in [3.05, 3.63) is 35.4 Å². The number of rotatable bonds is 4. The van der Waals surface area contributed by atoms with E-state index in [2.05, 4.69) is 0 Å². The van der Waals surface area contributed by atoms with E-state index in [9.17, 15) is 13.2 Å². The first-order chi connectivity index (χ1) is 7.32. The summed E-state index contributed by atoms with van der Waals surface area (Å²) in [6.07, 6.45) is 1.11. The topological polar surface area (TPSA) is 80.5 Å². The Morgan fingerprint density at radius 2 is 1.94 bits per heavy atom. The van der Waals surface area contributed by atoms with Crippen molar-refractivity contribution in [3.8, 4) is 0 Å². The highest BCUT2D eigenvalue weighted by Crippen LogP contribution is 2.11. The lowest BCUT2D eigenvalue weighted by Crippen LogP contribution is -2.26. The highest BCUT2D eigenvalue weighted by atomic mass is 32.2. The summed E-state index contributed by atoms with van der Waals surface area (Å²) in [5.74, 6) is -0.558. The second kappa shape index (κ2) is 4.63. The average Bonchev–Trinajstić information content (AvgIpc) is 2.16. The van der Waals surface area contributed by atoms with E-state index in [4.69, 9.17) is 5.73 Å². The summed E-state index contributed by atoms with van der Waals surface area (Å²) in [6, 6.07) is 6.68. The number of sulfonamides is 1. The van der Waals surface area contributed by atoms with Crippen LogP contribution in [-0.2, 0) is 16.6 Å². The van der Waals surface area contributed by atoms with Crippen molar-refractivity contribution >= 4 is 15.9 Å². The zero-order valence-electron chi connectivity index (χ0n) is 9.17. The van der Waals surface area contributed by atoms with E-state index in [1.165, 1.54) is 7.05 Å². The molecule has 0 aromatic heterocycles. The van der Waals surface area contributed by atoms with E-state index in [1.54, 1.807) is 24.3 Å². The summed E-state index contributed by atoms with van der Waals surface area (Å²) >= 11 is 0. The Bertz CT molecular complexity index is 497. The van der Waals surface area contributed by atoms with E-state index in [0.717, 1.165) is 10.6 Å². The third-order valence-corrected chi connectivity index (χ3v) is 3.50. The fourth-order valence-corrected chi connectivity index (χ4v) is 1.63. The van der Waals surface area contributed by atoms with Gasteiger partial charge in [0.25, 0.3) is 0 Å². The van der Waals surface area contributed by atoms with Gasteiger partial charge in [0, 0.05) is 19.2 Å². The van der Waals surface area contributed by atoms with Gasteiger partial charge >= 0.3 is 0 Å². The fourth-order valence-electron chi connectivity index (χ4n) is 1.26. The van der Waals surface area contributed by atoms with E-state index >= 15 is 0 Å². The number of nitrogens with zero attached hydrogens (tertiary/aromatic N) is 1. The zero-order chi connectivity index (χ0) is 12.3. The van der Waals surface area contributed by atoms with E-state index < -0.39 is 15.9 Å². The maximum absolute atomic E-state index is 11.2. The monoisotopic (exact) mass is 242 g/mol. The minimum absolute atomic E-state index is 0.137. The molecule has 0 saturated heterocycles. The molecule has 16 heavy (non-hydrogen) atoms. The summed E-state index contributed by atoms with van der Waals surface area (Å²) < 4.78 is 23.6. The van der Waals surface area contributed by atoms with Crippen LogP contribution in [-0.4, -0.2) is 31.9 Å². The van der Waals surface area contributed by atoms with Crippen LogP contribution >= 0.6 is 0 Å². The first-order valence-corrected chi connectivity index (χ1v) is 6.46. The Morgan fingerprint density at radius 1 is 1.38 bits per heavy atom. The van der Waals surface area contributed by atoms with Gasteiger partial charge in [0.2, 0.25) is 15.9 Å². The third kappa shape index (κ3) is 3.04. The molecule has 0 aliphatic rings. The molecule has 88 valence electrons. The quantitative estimate of drug-likeness (QED) is 0.817. The van der Waals surface area contributed by atoms with Gasteiger partial charge in [-0.05, 0) is 11.6 Å². The largest absolute Gasteiger partial charge is 0.366 e. The molecule has 0 saturated carbocycles. The van der Waals surface area contributed by atoms with Gasteiger partial charge in [-0.2, -0.15) is 0 Å². The predicted octanol–water partition coefficient (Wildman–Crippen LogP) is 0.177. The van der Waals surface area contributed by atoms with Crippen molar-refractivity contribution in [2.45, 2.75) is 6.54 Å². The van der Waals surface area contributed by atoms with E-state index in [1.807, 2.05) is 0 Å². The second-order valence-corrected chi connectivity index (χ2v) is 5.63. The Balaban J connectivity index is 3.02. The lowest BCUT2D eigenvalue weighted by atomic mass is 10.1. The minimum Gasteiger partial charge on any atom is -0.366 e. The molecule has 0 atom stereocenters. The molecule has 0 unspecified atom stereocenters. The molecule has 0 aliphatic carbocycles. The molecule has 6 heteroatoms. The smallest absolute Gasteiger partial charge is 0.249 e. The van der Waals surface area contributed by atoms with Crippen molar-refractivity contribution in [1.82, 2.24) is 4.31 Å². The maximum atomic E-state index is 11.2. The van der Waals surface area contributed by atoms with Crippen LogP contribution in [0.15, 0.2) is 24.3 Å². The van der Waals surface area contributed by atoms with Crippen molar-refractivity contribution < 1.29 is 13.2 Å². The zero-order valence-corrected chi connectivity index (χ0v) is 9.99. The summed E-state index contributed by atoms with van der Waals surface area (Å²) in [6.45, 7) is 0.137. The number of nitrogens with two attached hydrogens (primary N) is 1. The van der Waals surface area contributed by atoms with Crippen LogP contribution in [0.1, 0.15) is 15.9 Å². The Kier molecular flexibility index (Phi) is 3.66. The summed E-state index contributed by atoms with van der Waals surface area (Å²) in [4.78, 5) is 11.1.